The molecule has 0 amide bonds. The van der Waals surface area contributed by atoms with Crippen molar-refractivity contribution in [3.63, 3.8) is 0 Å². The van der Waals surface area contributed by atoms with Gasteiger partial charge in [0.1, 0.15) is 5.01 Å². The van der Waals surface area contributed by atoms with Crippen molar-refractivity contribution in [1.82, 2.24) is 19.9 Å². The number of nitrogens with one attached hydrogen (secondary N) is 1. The molecular weight excluding hydrogens is 526 g/mol. The van der Waals surface area contributed by atoms with Gasteiger partial charge < -0.3 is 4.98 Å². The predicted molar refractivity (Wildman–Crippen MR) is 157 cm³/mol. The molecule has 1 unspecified atom stereocenters. The number of fused-ring (bicyclic) bond motifs is 1. The van der Waals surface area contributed by atoms with Gasteiger partial charge in [0, 0.05) is 42.2 Å². The van der Waals surface area contributed by atoms with E-state index in [4.69, 9.17) is 4.98 Å². The molecule has 1 aliphatic heterocycles. The highest BCUT2D eigenvalue weighted by Gasteiger charge is 2.34. The van der Waals surface area contributed by atoms with Gasteiger partial charge in [0.25, 0.3) is 10.0 Å². The van der Waals surface area contributed by atoms with E-state index in [0.29, 0.717) is 35.5 Å². The molecule has 0 bridgehead atoms. The van der Waals surface area contributed by atoms with Crippen LogP contribution >= 0.6 is 11.3 Å². The minimum atomic E-state index is -3.60. The molecular formula is C30H31N5O2S2. The van der Waals surface area contributed by atoms with Crippen LogP contribution in [0, 0.1) is 5.92 Å². The fourth-order valence-electron chi connectivity index (χ4n) is 5.71. The number of benzene rings is 1. The molecule has 1 saturated heterocycles. The summed E-state index contributed by atoms with van der Waals surface area (Å²) in [6.45, 7) is 2.42. The number of nitrogens with zero attached hydrogens (tertiary/aromatic N) is 4. The third kappa shape index (κ3) is 4.83. The Bertz CT molecular complexity index is 1670. The highest BCUT2D eigenvalue weighted by Crippen LogP contribution is 2.39. The number of hydrogen-bond donors (Lipinski definition) is 1. The molecule has 1 atom stereocenters. The first-order valence-electron chi connectivity index (χ1n) is 13.7. The average Bonchev–Trinajstić information content (AvgIpc) is 3.45. The van der Waals surface area contributed by atoms with E-state index in [-0.39, 0.29) is 0 Å². The first-order chi connectivity index (χ1) is 19.1. The molecule has 200 valence electrons. The maximum Gasteiger partial charge on any atom is 0.260 e. The summed E-state index contributed by atoms with van der Waals surface area (Å²) in [4.78, 5) is 17.1. The van der Waals surface area contributed by atoms with Gasteiger partial charge in [0.2, 0.25) is 0 Å². The number of aromatic amines is 1. The Labute approximate surface area is 233 Å². The Morgan fingerprint density at radius 2 is 2.03 bits per heavy atom. The molecule has 7 nitrogen and oxygen atoms in total. The molecule has 0 spiro atoms. The van der Waals surface area contributed by atoms with E-state index in [0.717, 1.165) is 59.7 Å². The van der Waals surface area contributed by atoms with Crippen molar-refractivity contribution in [2.75, 3.05) is 17.4 Å². The zero-order valence-corrected chi connectivity index (χ0v) is 23.3. The number of anilines is 1. The Morgan fingerprint density at radius 1 is 1.10 bits per heavy atom. The molecule has 1 aromatic carbocycles. The van der Waals surface area contributed by atoms with Crippen LogP contribution in [0.15, 0.2) is 78.0 Å². The van der Waals surface area contributed by atoms with Crippen molar-refractivity contribution < 1.29 is 8.42 Å². The standard InChI is InChI=1S/C30H31N5O2S2/c36-39(37,24-8-1-2-9-24)35(19-21-13-14-21)28-11-5-7-22-17-26(33-29(22)28)30-32-18-23(38-30)20-34-16-6-12-27(34)25-10-3-4-15-31-25/h1-5,7-8,10-11,15,17-18,21,27,33H,6,9,12-14,16,19-20H2. The molecule has 7 rings (SSSR count). The predicted octanol–water partition coefficient (Wildman–Crippen LogP) is 6.41. The lowest BCUT2D eigenvalue weighted by atomic mass is 10.1. The first-order valence-corrected chi connectivity index (χ1v) is 15.9. The largest absolute Gasteiger partial charge is 0.351 e. The number of hydrogen-bond acceptors (Lipinski definition) is 6. The molecule has 1 N–H and O–H groups in total. The van der Waals surface area contributed by atoms with Crippen LogP contribution in [-0.4, -0.2) is 41.4 Å². The monoisotopic (exact) mass is 557 g/mol. The van der Waals surface area contributed by atoms with Crippen molar-refractivity contribution in [3.05, 3.63) is 88.6 Å². The van der Waals surface area contributed by atoms with Gasteiger partial charge in [-0.3, -0.25) is 14.2 Å². The molecule has 3 aromatic heterocycles. The average molecular weight is 558 g/mol. The summed E-state index contributed by atoms with van der Waals surface area (Å²) < 4.78 is 29.0. The number of sulfonamides is 1. The van der Waals surface area contributed by atoms with Crippen molar-refractivity contribution in [2.24, 2.45) is 5.92 Å². The minimum absolute atomic E-state index is 0.344. The van der Waals surface area contributed by atoms with Gasteiger partial charge >= 0.3 is 0 Å². The van der Waals surface area contributed by atoms with E-state index < -0.39 is 10.0 Å². The molecule has 1 saturated carbocycles. The lowest BCUT2D eigenvalue weighted by Gasteiger charge is -2.25. The summed E-state index contributed by atoms with van der Waals surface area (Å²) in [7, 11) is -3.60. The zero-order valence-electron chi connectivity index (χ0n) is 21.7. The highest BCUT2D eigenvalue weighted by molar-refractivity contribution is 7.96. The van der Waals surface area contributed by atoms with Crippen LogP contribution in [-0.2, 0) is 16.6 Å². The van der Waals surface area contributed by atoms with Gasteiger partial charge in [0.05, 0.1) is 33.5 Å². The third-order valence-corrected chi connectivity index (χ3v) is 10.8. The number of rotatable bonds is 9. The van der Waals surface area contributed by atoms with E-state index in [2.05, 4.69) is 33.1 Å². The molecule has 4 aromatic rings. The van der Waals surface area contributed by atoms with E-state index in [1.165, 1.54) is 11.3 Å². The molecule has 3 aliphatic rings. The summed E-state index contributed by atoms with van der Waals surface area (Å²) in [6, 6.07) is 14.5. The van der Waals surface area contributed by atoms with Gasteiger partial charge in [-0.05, 0) is 68.5 Å². The molecule has 2 fully saturated rings. The summed E-state index contributed by atoms with van der Waals surface area (Å²) in [5.41, 5.74) is 3.61. The van der Waals surface area contributed by atoms with Crippen molar-refractivity contribution in [2.45, 2.75) is 44.7 Å². The summed E-state index contributed by atoms with van der Waals surface area (Å²) in [5.74, 6) is 0.418. The fraction of sp³-hybridized carbons (Fsp3) is 0.333. The Kier molecular flexibility index (Phi) is 6.37. The second kappa shape index (κ2) is 10.0. The van der Waals surface area contributed by atoms with Crippen LogP contribution < -0.4 is 4.31 Å². The Balaban J connectivity index is 1.17. The van der Waals surface area contributed by atoms with E-state index >= 15 is 0 Å². The van der Waals surface area contributed by atoms with Gasteiger partial charge in [0.15, 0.2) is 0 Å². The number of allylic oxidation sites excluding steroid dienone is 4. The number of pyridine rings is 1. The summed E-state index contributed by atoms with van der Waals surface area (Å²) >= 11 is 1.69. The maximum atomic E-state index is 13.7. The smallest absolute Gasteiger partial charge is 0.260 e. The highest BCUT2D eigenvalue weighted by atomic mass is 32.2. The van der Waals surface area contributed by atoms with E-state index in [1.807, 2.05) is 48.8 Å². The molecule has 2 aliphatic carbocycles. The van der Waals surface area contributed by atoms with Crippen molar-refractivity contribution >= 4 is 38.0 Å². The molecule has 9 heteroatoms. The fourth-order valence-corrected chi connectivity index (χ4v) is 8.28. The van der Waals surface area contributed by atoms with E-state index in [1.54, 1.807) is 21.7 Å². The Morgan fingerprint density at radius 3 is 2.82 bits per heavy atom. The van der Waals surface area contributed by atoms with Gasteiger partial charge in [-0.1, -0.05) is 30.4 Å². The third-order valence-electron chi connectivity index (χ3n) is 7.92. The summed E-state index contributed by atoms with van der Waals surface area (Å²) in [6.07, 6.45) is 14.2. The van der Waals surface area contributed by atoms with Crippen LogP contribution in [0.2, 0.25) is 0 Å². The number of para-hydroxylation sites is 1. The van der Waals surface area contributed by atoms with Crippen molar-refractivity contribution in [3.8, 4) is 10.7 Å². The zero-order chi connectivity index (χ0) is 26.4. The van der Waals surface area contributed by atoms with Crippen LogP contribution in [0.25, 0.3) is 21.6 Å². The molecule has 39 heavy (non-hydrogen) atoms. The lowest BCUT2D eigenvalue weighted by Crippen LogP contribution is -2.33. The van der Waals surface area contributed by atoms with Crippen LogP contribution in [0.3, 0.4) is 0 Å². The van der Waals surface area contributed by atoms with Gasteiger partial charge in [-0.25, -0.2) is 13.4 Å². The lowest BCUT2D eigenvalue weighted by molar-refractivity contribution is 0.246. The number of H-pyrrole nitrogens is 1. The second-order valence-corrected chi connectivity index (χ2v) is 13.7. The van der Waals surface area contributed by atoms with Gasteiger partial charge in [-0.2, -0.15) is 0 Å². The normalized spacial score (nSPS) is 19.7. The Hall–Kier alpha value is -3.27. The van der Waals surface area contributed by atoms with Crippen LogP contribution in [0.5, 0.6) is 0 Å². The number of thiazole rings is 1. The van der Waals surface area contributed by atoms with E-state index in [9.17, 15) is 8.42 Å². The maximum absolute atomic E-state index is 13.7. The first kappa shape index (κ1) is 24.7. The number of aromatic nitrogens is 3. The van der Waals surface area contributed by atoms with Gasteiger partial charge in [-0.15, -0.1) is 11.3 Å². The number of likely N-dealkylation sites (tertiary alicyclic amines) is 1. The summed E-state index contributed by atoms with van der Waals surface area (Å²) in [5, 5.41) is 1.91. The van der Waals surface area contributed by atoms with Crippen LogP contribution in [0.1, 0.15) is 48.7 Å². The second-order valence-electron chi connectivity index (χ2n) is 10.7. The minimum Gasteiger partial charge on any atom is -0.351 e. The SMILES string of the molecule is O=S(=O)(C1=CC=CC1)N(CC1CC1)c1cccc2cc(-c3ncc(CN4CCCC4c4ccccn4)s3)[nH]c12. The quantitative estimate of drug-likeness (QED) is 0.257. The van der Waals surface area contributed by atoms with Crippen LogP contribution in [0.4, 0.5) is 5.69 Å². The topological polar surface area (TPSA) is 82.2 Å². The molecule has 4 heterocycles. The molecule has 0 radical (unpaired) electrons. The van der Waals surface area contributed by atoms with Crippen molar-refractivity contribution in [1.29, 1.82) is 0 Å².